The van der Waals surface area contributed by atoms with Crippen molar-refractivity contribution in [2.45, 2.75) is 6.92 Å². The van der Waals surface area contributed by atoms with Crippen molar-refractivity contribution in [1.82, 2.24) is 4.98 Å². The number of nitrogens with zero attached hydrogens (tertiary/aromatic N) is 1. The fourth-order valence-electron chi connectivity index (χ4n) is 1.03. The molecule has 0 spiro atoms. The molecule has 1 aromatic heterocycles. The Kier molecular flexibility index (Phi) is 3.71. The Hall–Kier alpha value is -0.116. The molecule has 0 aliphatic heterocycles. The average Bonchev–Trinajstić information content (AvgIpc) is 2.49. The summed E-state index contributed by atoms with van der Waals surface area (Å²) in [6.45, 7) is 1.55. The molecule has 2 nitrogen and oxygen atoms in total. The maximum Gasteiger partial charge on any atom is 0.158 e. The van der Waals surface area contributed by atoms with E-state index in [4.69, 9.17) is 0 Å². The predicted octanol–water partition coefficient (Wildman–Crippen LogP) is 2.30. The Morgan fingerprint density at radius 2 is 2.31 bits per heavy atom. The fraction of sp³-hybridized carbons (Fsp3) is 0.111. The normalized spacial score (nSPS) is 9.62. The van der Waals surface area contributed by atoms with Crippen LogP contribution in [0, 0.1) is 5.51 Å². The number of Topliss-reactive ketones (excluding diaryl/α,β-unsaturated/α-hetero) is 1. The van der Waals surface area contributed by atoms with Gasteiger partial charge in [0.05, 0.1) is 0 Å². The van der Waals surface area contributed by atoms with Crippen molar-refractivity contribution >= 4 is 27.3 Å². The summed E-state index contributed by atoms with van der Waals surface area (Å²) in [6.07, 6.45) is 0. The zero-order chi connectivity index (χ0) is 8.55. The summed E-state index contributed by atoms with van der Waals surface area (Å²) in [5.41, 5.74) is 4.35. The van der Waals surface area contributed by atoms with E-state index in [-0.39, 0.29) is 38.5 Å². The average molecular weight is 265 g/mol. The minimum absolute atomic E-state index is 0. The van der Waals surface area contributed by atoms with Crippen molar-refractivity contribution in [3.8, 4) is 0 Å². The van der Waals surface area contributed by atoms with Gasteiger partial charge in [0, 0.05) is 38.3 Å². The minimum Gasteiger partial charge on any atom is -0.386 e. The molecule has 0 amide bonds. The molecular weight excluding hydrogens is 259 g/mol. The van der Waals surface area contributed by atoms with Crippen molar-refractivity contribution in [2.24, 2.45) is 0 Å². The molecule has 2 rings (SSSR count). The SMILES string of the molecule is CC(=O)c1ccc2s[c-]nc2c1.[Y]. The molecule has 2 aromatic rings. The van der Waals surface area contributed by atoms with Gasteiger partial charge in [-0.25, -0.2) is 0 Å². The van der Waals surface area contributed by atoms with Crippen LogP contribution in [0.2, 0.25) is 0 Å². The summed E-state index contributed by atoms with van der Waals surface area (Å²) in [4.78, 5) is 15.0. The van der Waals surface area contributed by atoms with Crippen molar-refractivity contribution in [3.05, 3.63) is 29.3 Å². The van der Waals surface area contributed by atoms with Gasteiger partial charge in [0.25, 0.3) is 0 Å². The standard InChI is InChI=1S/C9H6NOS.Y/c1-6(11)7-2-3-9-8(4-7)10-5-12-9;/h2-4H,1H3;/q-1;. The molecule has 0 unspecified atom stereocenters. The molecule has 0 bridgehead atoms. The number of rotatable bonds is 1. The number of benzene rings is 1. The molecule has 0 atom stereocenters. The number of hydrogen-bond donors (Lipinski definition) is 0. The summed E-state index contributed by atoms with van der Waals surface area (Å²) in [6, 6.07) is 5.52. The minimum atomic E-state index is 0. The Morgan fingerprint density at radius 3 is 3.00 bits per heavy atom. The van der Waals surface area contributed by atoms with Gasteiger partial charge in [-0.15, -0.1) is 10.8 Å². The Labute approximate surface area is 105 Å². The van der Waals surface area contributed by atoms with Crippen molar-refractivity contribution in [3.63, 3.8) is 0 Å². The molecule has 13 heavy (non-hydrogen) atoms. The summed E-state index contributed by atoms with van der Waals surface area (Å²) in [5, 5.41) is 0. The predicted molar refractivity (Wildman–Crippen MR) is 48.5 cm³/mol. The molecule has 1 heterocycles. The Morgan fingerprint density at radius 1 is 1.54 bits per heavy atom. The zero-order valence-electron chi connectivity index (χ0n) is 7.07. The van der Waals surface area contributed by atoms with E-state index in [0.29, 0.717) is 5.56 Å². The van der Waals surface area contributed by atoms with Crippen molar-refractivity contribution in [2.75, 3.05) is 0 Å². The summed E-state index contributed by atoms with van der Waals surface area (Å²) in [5.74, 6) is 0.0740. The van der Waals surface area contributed by atoms with E-state index in [0.717, 1.165) is 10.2 Å². The number of carbonyl (C=O) groups is 1. The van der Waals surface area contributed by atoms with Gasteiger partial charge in [-0.2, -0.15) is 0 Å². The fourth-order valence-corrected chi connectivity index (χ4v) is 1.62. The van der Waals surface area contributed by atoms with Gasteiger partial charge in [0.1, 0.15) is 0 Å². The monoisotopic (exact) mass is 265 g/mol. The number of carbonyl (C=O) groups excluding carboxylic acids is 1. The van der Waals surface area contributed by atoms with Crippen LogP contribution in [0.3, 0.4) is 0 Å². The van der Waals surface area contributed by atoms with Crippen LogP contribution < -0.4 is 0 Å². The second kappa shape index (κ2) is 4.40. The summed E-state index contributed by atoms with van der Waals surface area (Å²) < 4.78 is 1.07. The molecule has 0 N–H and O–H groups in total. The second-order valence-corrected chi connectivity index (χ2v) is 3.37. The van der Waals surface area contributed by atoms with Gasteiger partial charge in [-0.05, 0) is 12.4 Å². The molecule has 4 heteroatoms. The van der Waals surface area contributed by atoms with Crippen molar-refractivity contribution in [1.29, 1.82) is 0 Å². The van der Waals surface area contributed by atoms with E-state index in [1.165, 1.54) is 11.3 Å². The van der Waals surface area contributed by atoms with Crippen LogP contribution in [0.15, 0.2) is 18.2 Å². The smallest absolute Gasteiger partial charge is 0.158 e. The van der Waals surface area contributed by atoms with E-state index >= 15 is 0 Å². The van der Waals surface area contributed by atoms with Crippen LogP contribution in [0.25, 0.3) is 10.2 Å². The first kappa shape index (κ1) is 11.0. The quantitative estimate of drug-likeness (QED) is 0.585. The third-order valence-electron chi connectivity index (χ3n) is 1.69. The molecule has 0 saturated heterocycles. The van der Waals surface area contributed by atoms with Crippen LogP contribution in [-0.4, -0.2) is 10.8 Å². The number of ketones is 1. The number of thiazole rings is 1. The molecule has 1 aromatic carbocycles. The van der Waals surface area contributed by atoms with Crippen LogP contribution >= 0.6 is 11.3 Å². The molecule has 0 saturated carbocycles. The van der Waals surface area contributed by atoms with Crippen LogP contribution in [-0.2, 0) is 32.7 Å². The van der Waals surface area contributed by atoms with Crippen molar-refractivity contribution < 1.29 is 37.5 Å². The summed E-state index contributed by atoms with van der Waals surface area (Å²) >= 11 is 1.46. The van der Waals surface area contributed by atoms with Crippen LogP contribution in [0.5, 0.6) is 0 Å². The second-order valence-electron chi connectivity index (χ2n) is 2.54. The topological polar surface area (TPSA) is 30.0 Å². The van der Waals surface area contributed by atoms with Gasteiger partial charge in [0.2, 0.25) is 0 Å². The third kappa shape index (κ3) is 2.22. The number of hydrogen-bond acceptors (Lipinski definition) is 3. The first-order chi connectivity index (χ1) is 5.77. The van der Waals surface area contributed by atoms with Crippen LogP contribution in [0.1, 0.15) is 17.3 Å². The van der Waals surface area contributed by atoms with E-state index in [1.807, 2.05) is 12.1 Å². The summed E-state index contributed by atoms with van der Waals surface area (Å²) in [7, 11) is 0. The van der Waals surface area contributed by atoms with Gasteiger partial charge < -0.3 is 4.98 Å². The number of aromatic nitrogens is 1. The molecular formula is C9H6NOSY-. The van der Waals surface area contributed by atoms with Gasteiger partial charge >= 0.3 is 0 Å². The molecule has 0 aliphatic rings. The third-order valence-corrected chi connectivity index (χ3v) is 2.43. The van der Waals surface area contributed by atoms with E-state index < -0.39 is 0 Å². The number of fused-ring (bicyclic) bond motifs is 1. The van der Waals surface area contributed by atoms with E-state index in [2.05, 4.69) is 10.5 Å². The molecule has 0 fully saturated rings. The molecule has 63 valence electrons. The van der Waals surface area contributed by atoms with Crippen LogP contribution in [0.4, 0.5) is 0 Å². The van der Waals surface area contributed by atoms with Gasteiger partial charge in [-0.3, -0.25) is 16.1 Å². The van der Waals surface area contributed by atoms with Gasteiger partial charge in [-0.1, -0.05) is 17.6 Å². The van der Waals surface area contributed by atoms with E-state index in [9.17, 15) is 4.79 Å². The molecule has 0 aliphatic carbocycles. The zero-order valence-corrected chi connectivity index (χ0v) is 10.7. The molecule has 1 radical (unpaired) electrons. The van der Waals surface area contributed by atoms with E-state index in [1.54, 1.807) is 13.0 Å². The Bertz CT molecular complexity index is 438. The van der Waals surface area contributed by atoms with Gasteiger partial charge in [0.15, 0.2) is 5.78 Å². The first-order valence-corrected chi connectivity index (χ1v) is 4.36. The largest absolute Gasteiger partial charge is 0.386 e. The maximum atomic E-state index is 11.0. The Balaban J connectivity index is 0.000000845. The first-order valence-electron chi connectivity index (χ1n) is 3.55. The maximum absolute atomic E-state index is 11.0.